The van der Waals surface area contributed by atoms with E-state index in [1.54, 1.807) is 6.08 Å². The van der Waals surface area contributed by atoms with Gasteiger partial charge in [0, 0.05) is 11.1 Å². The third kappa shape index (κ3) is 3.39. The lowest BCUT2D eigenvalue weighted by atomic mass is 10.1. The minimum absolute atomic E-state index is 0.181. The lowest BCUT2D eigenvalue weighted by Crippen LogP contribution is -2.23. The highest BCUT2D eigenvalue weighted by atomic mass is 32.1. The minimum Gasteiger partial charge on any atom is -0.489 e. The van der Waals surface area contributed by atoms with Crippen molar-refractivity contribution >= 4 is 22.4 Å². The fourth-order valence-corrected chi connectivity index (χ4v) is 3.58. The van der Waals surface area contributed by atoms with Crippen molar-refractivity contribution in [3.05, 3.63) is 87.2 Å². The highest BCUT2D eigenvalue weighted by Gasteiger charge is 2.12. The van der Waals surface area contributed by atoms with Gasteiger partial charge in [0.05, 0.1) is 4.53 Å². The normalized spacial score (nSPS) is 11.8. The molecule has 0 saturated carbocycles. The van der Waals surface area contributed by atoms with Crippen molar-refractivity contribution in [2.75, 3.05) is 6.61 Å². The topological polar surface area (TPSA) is 56.5 Å². The van der Waals surface area contributed by atoms with E-state index in [0.29, 0.717) is 27.7 Å². The van der Waals surface area contributed by atoms with Crippen molar-refractivity contribution in [1.82, 2.24) is 14.6 Å². The number of fused-ring (bicyclic) bond motifs is 1. The van der Waals surface area contributed by atoms with Crippen molar-refractivity contribution in [2.24, 2.45) is 0 Å². The Balaban J connectivity index is 1.76. The largest absolute Gasteiger partial charge is 0.489 e. The van der Waals surface area contributed by atoms with Crippen molar-refractivity contribution in [2.45, 2.75) is 6.92 Å². The van der Waals surface area contributed by atoms with Crippen LogP contribution in [0.2, 0.25) is 0 Å². The SMILES string of the molecule is C=CCOc1ccccc1/C=c1\sc2nc(-c3ccc(C)cc3)nn2c1=O. The number of aryl methyl sites for hydroxylation is 1. The fourth-order valence-electron chi connectivity index (χ4n) is 2.68. The summed E-state index contributed by atoms with van der Waals surface area (Å²) in [6.07, 6.45) is 3.50. The van der Waals surface area contributed by atoms with Gasteiger partial charge in [-0.15, -0.1) is 5.10 Å². The van der Waals surface area contributed by atoms with Crippen LogP contribution < -0.4 is 14.8 Å². The van der Waals surface area contributed by atoms with E-state index >= 15 is 0 Å². The molecule has 0 fully saturated rings. The summed E-state index contributed by atoms with van der Waals surface area (Å²) >= 11 is 1.32. The van der Waals surface area contributed by atoms with E-state index in [0.717, 1.165) is 11.1 Å². The monoisotopic (exact) mass is 375 g/mol. The van der Waals surface area contributed by atoms with Crippen molar-refractivity contribution < 1.29 is 4.74 Å². The standard InChI is InChI=1S/C21H17N3O2S/c1-3-12-26-17-7-5-4-6-16(17)13-18-20(25)24-21(27-18)22-19(23-24)15-10-8-14(2)9-11-15/h3-11,13H,1,12H2,2H3/b18-13-. The van der Waals surface area contributed by atoms with Crippen molar-refractivity contribution in [1.29, 1.82) is 0 Å². The molecular weight excluding hydrogens is 358 g/mol. The molecule has 0 aliphatic carbocycles. The molecule has 2 heterocycles. The molecule has 4 aromatic rings. The molecule has 0 spiro atoms. The van der Waals surface area contributed by atoms with Crippen LogP contribution in [0.3, 0.4) is 0 Å². The molecule has 134 valence electrons. The number of thiazole rings is 1. The Morgan fingerprint density at radius 3 is 2.70 bits per heavy atom. The van der Waals surface area contributed by atoms with Crippen LogP contribution in [0.5, 0.6) is 5.75 Å². The Morgan fingerprint density at radius 2 is 1.96 bits per heavy atom. The number of aromatic nitrogens is 3. The van der Waals surface area contributed by atoms with E-state index in [4.69, 9.17) is 4.74 Å². The van der Waals surface area contributed by atoms with Crippen LogP contribution in [0, 0.1) is 6.92 Å². The van der Waals surface area contributed by atoms with E-state index in [1.807, 2.05) is 61.5 Å². The van der Waals surface area contributed by atoms with E-state index in [1.165, 1.54) is 21.4 Å². The zero-order chi connectivity index (χ0) is 18.8. The number of hydrogen-bond acceptors (Lipinski definition) is 5. The highest BCUT2D eigenvalue weighted by Crippen LogP contribution is 2.20. The Labute approximate surface area is 159 Å². The summed E-state index contributed by atoms with van der Waals surface area (Å²) in [4.78, 5) is 17.8. The lowest BCUT2D eigenvalue weighted by molar-refractivity contribution is 0.362. The molecule has 4 rings (SSSR count). The van der Waals surface area contributed by atoms with Crippen LogP contribution in [0.1, 0.15) is 11.1 Å². The summed E-state index contributed by atoms with van der Waals surface area (Å²) in [5, 5.41) is 4.39. The molecule has 0 atom stereocenters. The number of para-hydroxylation sites is 1. The van der Waals surface area contributed by atoms with E-state index in [2.05, 4.69) is 16.7 Å². The fraction of sp³-hybridized carbons (Fsp3) is 0.0952. The van der Waals surface area contributed by atoms with Crippen LogP contribution in [-0.2, 0) is 0 Å². The Bertz CT molecular complexity index is 1220. The first kappa shape index (κ1) is 17.2. The average molecular weight is 375 g/mol. The first-order valence-corrected chi connectivity index (χ1v) is 9.28. The van der Waals surface area contributed by atoms with Gasteiger partial charge in [-0.1, -0.05) is 72.0 Å². The number of ether oxygens (including phenoxy) is 1. The summed E-state index contributed by atoms with van der Waals surface area (Å²) in [6, 6.07) is 15.5. The van der Waals surface area contributed by atoms with Gasteiger partial charge in [-0.3, -0.25) is 4.79 Å². The predicted octanol–water partition coefficient (Wildman–Crippen LogP) is 3.24. The average Bonchev–Trinajstić information content (AvgIpc) is 3.21. The maximum Gasteiger partial charge on any atom is 0.291 e. The molecule has 0 bridgehead atoms. The summed E-state index contributed by atoms with van der Waals surface area (Å²) in [7, 11) is 0. The first-order valence-electron chi connectivity index (χ1n) is 8.47. The Morgan fingerprint density at radius 1 is 1.19 bits per heavy atom. The second-order valence-corrected chi connectivity index (χ2v) is 7.06. The number of hydrogen-bond donors (Lipinski definition) is 0. The second kappa shape index (κ2) is 7.17. The van der Waals surface area contributed by atoms with Crippen molar-refractivity contribution in [3.8, 4) is 17.1 Å². The lowest BCUT2D eigenvalue weighted by Gasteiger charge is -2.05. The maximum absolute atomic E-state index is 12.7. The highest BCUT2D eigenvalue weighted by molar-refractivity contribution is 7.15. The third-order valence-corrected chi connectivity index (χ3v) is 5.01. The molecule has 0 amide bonds. The molecule has 0 N–H and O–H groups in total. The van der Waals surface area contributed by atoms with E-state index in [-0.39, 0.29) is 5.56 Å². The quantitative estimate of drug-likeness (QED) is 0.503. The molecular formula is C21H17N3O2S. The molecule has 2 aromatic heterocycles. The van der Waals surface area contributed by atoms with Gasteiger partial charge in [-0.2, -0.15) is 9.50 Å². The van der Waals surface area contributed by atoms with Gasteiger partial charge in [-0.25, -0.2) is 0 Å². The molecule has 6 heteroatoms. The summed E-state index contributed by atoms with van der Waals surface area (Å²) in [6.45, 7) is 6.09. The van der Waals surface area contributed by atoms with Crippen LogP contribution >= 0.6 is 11.3 Å². The van der Waals surface area contributed by atoms with Crippen LogP contribution in [0.25, 0.3) is 22.4 Å². The molecule has 0 aliphatic heterocycles. The number of nitrogens with zero attached hydrogens (tertiary/aromatic N) is 3. The van der Waals surface area contributed by atoms with Gasteiger partial charge in [-0.05, 0) is 19.1 Å². The van der Waals surface area contributed by atoms with Crippen LogP contribution in [-0.4, -0.2) is 21.2 Å². The van der Waals surface area contributed by atoms with Gasteiger partial charge in [0.1, 0.15) is 12.4 Å². The smallest absolute Gasteiger partial charge is 0.291 e. The van der Waals surface area contributed by atoms with Gasteiger partial charge in [0.2, 0.25) is 4.96 Å². The number of benzene rings is 2. The van der Waals surface area contributed by atoms with Crippen LogP contribution in [0.15, 0.2) is 66.0 Å². The van der Waals surface area contributed by atoms with Gasteiger partial charge in [0.25, 0.3) is 5.56 Å². The zero-order valence-corrected chi connectivity index (χ0v) is 15.6. The minimum atomic E-state index is -0.181. The molecule has 0 radical (unpaired) electrons. The molecule has 5 nitrogen and oxygen atoms in total. The second-order valence-electron chi connectivity index (χ2n) is 6.05. The summed E-state index contributed by atoms with van der Waals surface area (Å²) < 4.78 is 7.58. The summed E-state index contributed by atoms with van der Waals surface area (Å²) in [5.41, 5.74) is 2.71. The van der Waals surface area contributed by atoms with E-state index in [9.17, 15) is 4.79 Å². The Kier molecular flexibility index (Phi) is 4.56. The summed E-state index contributed by atoms with van der Waals surface area (Å²) in [5.74, 6) is 1.26. The maximum atomic E-state index is 12.7. The Hall–Kier alpha value is -3.25. The zero-order valence-electron chi connectivity index (χ0n) is 14.8. The van der Waals surface area contributed by atoms with Gasteiger partial charge in [0.15, 0.2) is 5.82 Å². The number of rotatable bonds is 5. The molecule has 0 unspecified atom stereocenters. The van der Waals surface area contributed by atoms with Crippen LogP contribution in [0.4, 0.5) is 0 Å². The van der Waals surface area contributed by atoms with E-state index < -0.39 is 0 Å². The van der Waals surface area contributed by atoms with Gasteiger partial charge < -0.3 is 4.74 Å². The molecule has 0 aliphatic rings. The molecule has 2 aromatic carbocycles. The first-order chi connectivity index (χ1) is 13.2. The third-order valence-electron chi connectivity index (χ3n) is 4.05. The van der Waals surface area contributed by atoms with Crippen molar-refractivity contribution in [3.63, 3.8) is 0 Å². The molecule has 0 saturated heterocycles. The van der Waals surface area contributed by atoms with Gasteiger partial charge >= 0.3 is 0 Å². The molecule has 27 heavy (non-hydrogen) atoms. The predicted molar refractivity (Wildman–Crippen MR) is 108 cm³/mol.